The van der Waals surface area contributed by atoms with Gasteiger partial charge in [-0.25, -0.2) is 18.4 Å². The highest BCUT2D eigenvalue weighted by Gasteiger charge is 2.22. The van der Waals surface area contributed by atoms with Gasteiger partial charge < -0.3 is 14.4 Å². The van der Waals surface area contributed by atoms with Crippen LogP contribution in [0.2, 0.25) is 0 Å². The third-order valence-electron chi connectivity index (χ3n) is 4.49. The number of sulfonamides is 1. The van der Waals surface area contributed by atoms with E-state index in [0.717, 1.165) is 11.1 Å². The van der Waals surface area contributed by atoms with Crippen LogP contribution in [0.1, 0.15) is 21.5 Å². The van der Waals surface area contributed by atoms with Crippen molar-refractivity contribution in [2.24, 2.45) is 5.14 Å². The number of hydrogen-bond acceptors (Lipinski definition) is 6. The second-order valence-electron chi connectivity index (χ2n) is 6.33. The van der Waals surface area contributed by atoms with Crippen LogP contribution in [0, 0.1) is 6.92 Å². The van der Waals surface area contributed by atoms with E-state index in [1.54, 1.807) is 6.07 Å². The van der Waals surface area contributed by atoms with Crippen molar-refractivity contribution < 1.29 is 22.7 Å². The van der Waals surface area contributed by atoms with Gasteiger partial charge >= 0.3 is 5.97 Å². The Kier molecular flexibility index (Phi) is 5.79. The number of hydrogen-bond donors (Lipinski definition) is 1. The van der Waals surface area contributed by atoms with E-state index in [2.05, 4.69) is 0 Å². The fourth-order valence-electron chi connectivity index (χ4n) is 2.93. The van der Waals surface area contributed by atoms with E-state index < -0.39 is 16.0 Å². The van der Waals surface area contributed by atoms with E-state index in [9.17, 15) is 13.2 Å². The van der Waals surface area contributed by atoms with Gasteiger partial charge in [0.05, 0.1) is 29.4 Å². The van der Waals surface area contributed by atoms with Crippen molar-refractivity contribution in [1.82, 2.24) is 0 Å². The maximum Gasteiger partial charge on any atom is 0.340 e. The number of nitrogens with two attached hydrogens (primary N) is 1. The first-order chi connectivity index (χ1) is 12.9. The number of carbonyl (C=O) groups is 1. The van der Waals surface area contributed by atoms with Crippen molar-refractivity contribution in [3.63, 3.8) is 0 Å². The van der Waals surface area contributed by atoms with Crippen molar-refractivity contribution >= 4 is 21.7 Å². The van der Waals surface area contributed by atoms with Gasteiger partial charge in [0.15, 0.2) is 0 Å². The van der Waals surface area contributed by atoms with Crippen LogP contribution in [-0.4, -0.2) is 40.7 Å². The highest BCUT2D eigenvalue weighted by molar-refractivity contribution is 7.89. The number of rotatable bonds is 5. The molecule has 0 amide bonds. The van der Waals surface area contributed by atoms with Crippen LogP contribution >= 0.6 is 0 Å². The standard InChI is InChI=1S/C19H22N2O5S/c1-14-4-2-3-5-15(14)13-26-19(22)17-12-16(27(20,23)24)6-7-18(17)21-8-10-25-11-9-21/h2-7,12H,8-11,13H2,1H3,(H2,20,23,24). The van der Waals surface area contributed by atoms with E-state index >= 15 is 0 Å². The minimum Gasteiger partial charge on any atom is -0.457 e. The number of nitrogens with zero attached hydrogens (tertiary/aromatic N) is 1. The van der Waals surface area contributed by atoms with Crippen LogP contribution in [0.4, 0.5) is 5.69 Å². The van der Waals surface area contributed by atoms with Crippen molar-refractivity contribution in [1.29, 1.82) is 0 Å². The van der Waals surface area contributed by atoms with Crippen LogP contribution in [0.5, 0.6) is 0 Å². The van der Waals surface area contributed by atoms with Gasteiger partial charge in [-0.05, 0) is 36.2 Å². The lowest BCUT2D eigenvalue weighted by atomic mass is 10.1. The zero-order chi connectivity index (χ0) is 19.4. The number of morpholine rings is 1. The Bertz CT molecular complexity index is 937. The molecule has 1 aliphatic heterocycles. The quantitative estimate of drug-likeness (QED) is 0.782. The van der Waals surface area contributed by atoms with E-state index in [-0.39, 0.29) is 17.1 Å². The van der Waals surface area contributed by atoms with E-state index in [1.807, 2.05) is 36.1 Å². The normalized spacial score (nSPS) is 14.8. The van der Waals surface area contributed by atoms with Gasteiger partial charge in [0.2, 0.25) is 10.0 Å². The Morgan fingerprint density at radius 2 is 1.89 bits per heavy atom. The monoisotopic (exact) mass is 390 g/mol. The van der Waals surface area contributed by atoms with E-state index in [4.69, 9.17) is 14.6 Å². The Morgan fingerprint density at radius 1 is 1.19 bits per heavy atom. The second-order valence-corrected chi connectivity index (χ2v) is 7.89. The molecule has 2 N–H and O–H groups in total. The fraction of sp³-hybridized carbons (Fsp3) is 0.316. The molecule has 0 radical (unpaired) electrons. The molecule has 1 fully saturated rings. The number of anilines is 1. The minimum atomic E-state index is -3.93. The summed E-state index contributed by atoms with van der Waals surface area (Å²) in [7, 11) is -3.93. The first-order valence-electron chi connectivity index (χ1n) is 8.57. The molecular formula is C19H22N2O5S. The van der Waals surface area contributed by atoms with Crippen LogP contribution in [0.3, 0.4) is 0 Å². The van der Waals surface area contributed by atoms with Crippen molar-refractivity contribution in [3.8, 4) is 0 Å². The molecule has 0 unspecified atom stereocenters. The molecular weight excluding hydrogens is 368 g/mol. The summed E-state index contributed by atoms with van der Waals surface area (Å²) in [4.78, 5) is 14.6. The van der Waals surface area contributed by atoms with Gasteiger partial charge in [-0.2, -0.15) is 0 Å². The van der Waals surface area contributed by atoms with Gasteiger partial charge in [0.25, 0.3) is 0 Å². The molecule has 0 spiro atoms. The Morgan fingerprint density at radius 3 is 2.56 bits per heavy atom. The number of esters is 1. The molecule has 27 heavy (non-hydrogen) atoms. The first-order valence-corrected chi connectivity index (χ1v) is 10.1. The molecule has 144 valence electrons. The maximum atomic E-state index is 12.8. The van der Waals surface area contributed by atoms with Crippen molar-refractivity contribution in [2.45, 2.75) is 18.4 Å². The summed E-state index contributed by atoms with van der Waals surface area (Å²) in [5, 5.41) is 5.23. The molecule has 1 heterocycles. The van der Waals surface area contributed by atoms with Gasteiger partial charge in [-0.3, -0.25) is 0 Å². The number of primary sulfonamides is 1. The van der Waals surface area contributed by atoms with Crippen molar-refractivity contribution in [3.05, 3.63) is 59.2 Å². The Hall–Kier alpha value is -2.42. The van der Waals surface area contributed by atoms with E-state index in [0.29, 0.717) is 32.0 Å². The molecule has 0 bridgehead atoms. The van der Waals surface area contributed by atoms with Gasteiger partial charge in [0, 0.05) is 13.1 Å². The predicted octanol–water partition coefficient (Wildman–Crippen LogP) is 1.84. The molecule has 2 aromatic rings. The molecule has 0 saturated carbocycles. The third kappa shape index (κ3) is 4.65. The van der Waals surface area contributed by atoms with E-state index in [1.165, 1.54) is 12.1 Å². The summed E-state index contributed by atoms with van der Waals surface area (Å²) >= 11 is 0. The average molecular weight is 390 g/mol. The number of ether oxygens (including phenoxy) is 2. The minimum absolute atomic E-state index is 0.105. The molecule has 0 aromatic heterocycles. The fourth-order valence-corrected chi connectivity index (χ4v) is 3.47. The summed E-state index contributed by atoms with van der Waals surface area (Å²) in [6.07, 6.45) is 0. The third-order valence-corrected chi connectivity index (χ3v) is 5.40. The topological polar surface area (TPSA) is 98.9 Å². The zero-order valence-corrected chi connectivity index (χ0v) is 15.9. The highest BCUT2D eigenvalue weighted by Crippen LogP contribution is 2.26. The predicted molar refractivity (Wildman–Crippen MR) is 101 cm³/mol. The maximum absolute atomic E-state index is 12.8. The first kappa shape index (κ1) is 19.3. The lowest BCUT2D eigenvalue weighted by molar-refractivity contribution is 0.0471. The van der Waals surface area contributed by atoms with Gasteiger partial charge in [0.1, 0.15) is 6.61 Å². The Labute approximate surface area is 158 Å². The molecule has 0 atom stereocenters. The lowest BCUT2D eigenvalue weighted by Gasteiger charge is -2.30. The smallest absolute Gasteiger partial charge is 0.340 e. The highest BCUT2D eigenvalue weighted by atomic mass is 32.2. The lowest BCUT2D eigenvalue weighted by Crippen LogP contribution is -2.37. The summed E-state index contributed by atoms with van der Waals surface area (Å²) in [6.45, 7) is 4.32. The van der Waals surface area contributed by atoms with Crippen LogP contribution in [0.25, 0.3) is 0 Å². The summed E-state index contributed by atoms with van der Waals surface area (Å²) in [6, 6.07) is 11.9. The van der Waals surface area contributed by atoms with Gasteiger partial charge in [-0.15, -0.1) is 0 Å². The second kappa shape index (κ2) is 8.08. The summed E-state index contributed by atoms with van der Waals surface area (Å²) in [5.74, 6) is -0.592. The van der Waals surface area contributed by atoms with Crippen molar-refractivity contribution in [2.75, 3.05) is 31.2 Å². The number of benzene rings is 2. The summed E-state index contributed by atoms with van der Waals surface area (Å²) < 4.78 is 34.2. The number of carbonyl (C=O) groups excluding carboxylic acids is 1. The molecule has 1 saturated heterocycles. The zero-order valence-electron chi connectivity index (χ0n) is 15.1. The molecule has 7 nitrogen and oxygen atoms in total. The van der Waals surface area contributed by atoms with Crippen LogP contribution in [0.15, 0.2) is 47.4 Å². The molecule has 2 aromatic carbocycles. The largest absolute Gasteiger partial charge is 0.457 e. The molecule has 1 aliphatic rings. The Balaban J connectivity index is 1.90. The molecule has 3 rings (SSSR count). The molecule has 8 heteroatoms. The number of aryl methyl sites for hydroxylation is 1. The summed E-state index contributed by atoms with van der Waals surface area (Å²) in [5.41, 5.74) is 2.69. The van der Waals surface area contributed by atoms with Crippen LogP contribution < -0.4 is 10.0 Å². The SMILES string of the molecule is Cc1ccccc1COC(=O)c1cc(S(N)(=O)=O)ccc1N1CCOCC1. The van der Waals surface area contributed by atoms with Crippen LogP contribution in [-0.2, 0) is 26.1 Å². The average Bonchev–Trinajstić information content (AvgIpc) is 2.66. The molecule has 0 aliphatic carbocycles. The van der Waals surface area contributed by atoms with Gasteiger partial charge in [-0.1, -0.05) is 24.3 Å².